The Morgan fingerprint density at radius 3 is 2.45 bits per heavy atom. The maximum absolute atomic E-state index is 12.9. The molecule has 0 aliphatic carbocycles. The van der Waals surface area contributed by atoms with Crippen molar-refractivity contribution in [1.29, 1.82) is 0 Å². The van der Waals surface area contributed by atoms with Crippen molar-refractivity contribution in [1.82, 2.24) is 14.7 Å². The minimum Gasteiger partial charge on any atom is -0.489 e. The van der Waals surface area contributed by atoms with Gasteiger partial charge in [-0.25, -0.2) is 0 Å². The van der Waals surface area contributed by atoms with Crippen LogP contribution in [0, 0.1) is 5.41 Å². The predicted octanol–water partition coefficient (Wildman–Crippen LogP) is 4.01. The van der Waals surface area contributed by atoms with Gasteiger partial charge < -0.3 is 19.4 Å². The van der Waals surface area contributed by atoms with Crippen LogP contribution in [0.15, 0.2) is 18.2 Å². The standard InChI is InChI=1S/C23H36ClN3O2/c1-17-15-27(13-12-25(17)5)22(28)18-6-7-21(20(24)14-18)29-19-8-10-26(11-9-19)16-23(2,3)4/h6-7,14,17,19H,8-13,15-16H2,1-5H3. The first-order chi connectivity index (χ1) is 13.6. The second-order valence-electron chi connectivity index (χ2n) is 9.88. The van der Waals surface area contributed by atoms with Crippen molar-refractivity contribution < 1.29 is 9.53 Å². The van der Waals surface area contributed by atoms with Gasteiger partial charge in [-0.1, -0.05) is 32.4 Å². The van der Waals surface area contributed by atoms with Gasteiger partial charge in [0.25, 0.3) is 5.91 Å². The summed E-state index contributed by atoms with van der Waals surface area (Å²) in [5, 5.41) is 0.523. The molecule has 0 spiro atoms. The van der Waals surface area contributed by atoms with Gasteiger partial charge in [0, 0.05) is 50.9 Å². The van der Waals surface area contributed by atoms with E-state index in [1.807, 2.05) is 17.0 Å². The molecule has 2 aliphatic rings. The highest BCUT2D eigenvalue weighted by Crippen LogP contribution is 2.29. The lowest BCUT2D eigenvalue weighted by atomic mass is 9.94. The van der Waals surface area contributed by atoms with Crippen molar-refractivity contribution in [2.24, 2.45) is 5.41 Å². The number of piperazine rings is 1. The van der Waals surface area contributed by atoms with Crippen molar-refractivity contribution in [3.63, 3.8) is 0 Å². The van der Waals surface area contributed by atoms with E-state index in [-0.39, 0.29) is 12.0 Å². The average molecular weight is 422 g/mol. The predicted molar refractivity (Wildman–Crippen MR) is 119 cm³/mol. The fourth-order valence-electron chi connectivity index (χ4n) is 4.18. The number of hydrogen-bond donors (Lipinski definition) is 0. The summed E-state index contributed by atoms with van der Waals surface area (Å²) >= 11 is 6.48. The van der Waals surface area contributed by atoms with Crippen molar-refractivity contribution in [2.45, 2.75) is 52.7 Å². The van der Waals surface area contributed by atoms with E-state index < -0.39 is 0 Å². The van der Waals surface area contributed by atoms with E-state index in [0.717, 1.165) is 52.1 Å². The molecule has 2 heterocycles. The third-order valence-corrected chi connectivity index (χ3v) is 6.25. The number of rotatable bonds is 4. The number of likely N-dealkylation sites (N-methyl/N-ethyl adjacent to an activating group) is 1. The number of likely N-dealkylation sites (tertiary alicyclic amines) is 1. The molecule has 2 aliphatic heterocycles. The molecule has 6 heteroatoms. The lowest BCUT2D eigenvalue weighted by Gasteiger charge is -2.37. The molecule has 0 radical (unpaired) electrons. The van der Waals surface area contributed by atoms with Gasteiger partial charge in [-0.05, 0) is 50.4 Å². The second-order valence-corrected chi connectivity index (χ2v) is 10.3. The highest BCUT2D eigenvalue weighted by molar-refractivity contribution is 6.32. The highest BCUT2D eigenvalue weighted by Gasteiger charge is 2.27. The van der Waals surface area contributed by atoms with E-state index in [2.05, 4.69) is 44.5 Å². The van der Waals surface area contributed by atoms with Gasteiger partial charge in [0.1, 0.15) is 11.9 Å². The van der Waals surface area contributed by atoms with Crippen molar-refractivity contribution >= 4 is 17.5 Å². The molecule has 1 aromatic carbocycles. The fraction of sp³-hybridized carbons (Fsp3) is 0.696. The number of nitrogens with zero attached hydrogens (tertiary/aromatic N) is 3. The Labute approximate surface area is 180 Å². The molecule has 1 unspecified atom stereocenters. The topological polar surface area (TPSA) is 36.0 Å². The molecule has 1 aromatic rings. The first kappa shape index (κ1) is 22.4. The maximum Gasteiger partial charge on any atom is 0.254 e. The van der Waals surface area contributed by atoms with Crippen LogP contribution in [0.4, 0.5) is 0 Å². The van der Waals surface area contributed by atoms with Crippen LogP contribution < -0.4 is 4.74 Å². The summed E-state index contributed by atoms with van der Waals surface area (Å²) in [7, 11) is 2.10. The smallest absolute Gasteiger partial charge is 0.254 e. The number of carbonyl (C=O) groups excluding carboxylic acids is 1. The molecule has 3 rings (SSSR count). The summed E-state index contributed by atoms with van der Waals surface area (Å²) < 4.78 is 6.19. The largest absolute Gasteiger partial charge is 0.489 e. The summed E-state index contributed by atoms with van der Waals surface area (Å²) in [6.45, 7) is 14.6. The molecule has 0 N–H and O–H groups in total. The molecule has 0 bridgehead atoms. The maximum atomic E-state index is 12.9. The van der Waals surface area contributed by atoms with Gasteiger partial charge in [-0.3, -0.25) is 4.79 Å². The zero-order chi connectivity index (χ0) is 21.2. The van der Waals surface area contributed by atoms with Gasteiger partial charge in [0.05, 0.1) is 5.02 Å². The number of piperidine rings is 1. The number of carbonyl (C=O) groups is 1. The van der Waals surface area contributed by atoms with Crippen LogP contribution in [-0.2, 0) is 0 Å². The van der Waals surface area contributed by atoms with Crippen LogP contribution in [0.2, 0.25) is 5.02 Å². The molecule has 0 saturated carbocycles. The SMILES string of the molecule is CC1CN(C(=O)c2ccc(OC3CCN(CC(C)(C)C)CC3)c(Cl)c2)CCN1C. The molecule has 1 atom stereocenters. The molecule has 162 valence electrons. The zero-order valence-electron chi connectivity index (χ0n) is 18.6. The van der Waals surface area contributed by atoms with Crippen LogP contribution in [0.1, 0.15) is 50.9 Å². The number of ether oxygens (including phenoxy) is 1. The van der Waals surface area contributed by atoms with Crippen molar-refractivity contribution in [2.75, 3.05) is 46.3 Å². The normalized spacial score (nSPS) is 22.7. The minimum absolute atomic E-state index is 0.0499. The molecule has 2 fully saturated rings. The Hall–Kier alpha value is -1.30. The average Bonchev–Trinajstić information content (AvgIpc) is 2.65. The Morgan fingerprint density at radius 1 is 1.17 bits per heavy atom. The molecule has 5 nitrogen and oxygen atoms in total. The zero-order valence-corrected chi connectivity index (χ0v) is 19.3. The van der Waals surface area contributed by atoms with Crippen LogP contribution in [0.3, 0.4) is 0 Å². The lowest BCUT2D eigenvalue weighted by molar-refractivity contribution is 0.0572. The first-order valence-corrected chi connectivity index (χ1v) is 11.2. The summed E-state index contributed by atoms with van der Waals surface area (Å²) in [4.78, 5) is 19.6. The number of hydrogen-bond acceptors (Lipinski definition) is 4. The van der Waals surface area contributed by atoms with Gasteiger partial charge in [0.2, 0.25) is 0 Å². The lowest BCUT2D eigenvalue weighted by Crippen LogP contribution is -2.52. The monoisotopic (exact) mass is 421 g/mol. The Bertz CT molecular complexity index is 711. The Kier molecular flexibility index (Phi) is 7.13. The Balaban J connectivity index is 1.56. The van der Waals surface area contributed by atoms with Gasteiger partial charge >= 0.3 is 0 Å². The van der Waals surface area contributed by atoms with Gasteiger partial charge in [0.15, 0.2) is 0 Å². The van der Waals surface area contributed by atoms with Crippen LogP contribution in [-0.4, -0.2) is 79.1 Å². The quantitative estimate of drug-likeness (QED) is 0.736. The second kappa shape index (κ2) is 9.23. The molecule has 1 amide bonds. The van der Waals surface area contributed by atoms with Crippen molar-refractivity contribution in [3.8, 4) is 5.75 Å². The third kappa shape index (κ3) is 6.09. The molecule has 29 heavy (non-hydrogen) atoms. The van der Waals surface area contributed by atoms with Crippen LogP contribution >= 0.6 is 11.6 Å². The summed E-state index contributed by atoms with van der Waals surface area (Å²) in [5.41, 5.74) is 0.958. The first-order valence-electron chi connectivity index (χ1n) is 10.8. The molecular weight excluding hydrogens is 386 g/mol. The van der Waals surface area contributed by atoms with E-state index in [4.69, 9.17) is 16.3 Å². The van der Waals surface area contributed by atoms with E-state index >= 15 is 0 Å². The minimum atomic E-state index is 0.0499. The Morgan fingerprint density at radius 2 is 1.86 bits per heavy atom. The molecule has 2 saturated heterocycles. The highest BCUT2D eigenvalue weighted by atomic mass is 35.5. The van der Waals surface area contributed by atoms with E-state index in [9.17, 15) is 4.79 Å². The number of halogens is 1. The van der Waals surface area contributed by atoms with Gasteiger partial charge in [-0.2, -0.15) is 0 Å². The number of benzene rings is 1. The third-order valence-electron chi connectivity index (χ3n) is 5.95. The van der Waals surface area contributed by atoms with E-state index in [1.54, 1.807) is 6.07 Å². The molecular formula is C23H36ClN3O2. The van der Waals surface area contributed by atoms with Crippen LogP contribution in [0.5, 0.6) is 5.75 Å². The number of amides is 1. The van der Waals surface area contributed by atoms with Gasteiger partial charge in [-0.15, -0.1) is 0 Å². The summed E-state index contributed by atoms with van der Waals surface area (Å²) in [6, 6.07) is 5.84. The van der Waals surface area contributed by atoms with E-state index in [1.165, 1.54) is 0 Å². The van der Waals surface area contributed by atoms with E-state index in [0.29, 0.717) is 27.8 Å². The fourth-order valence-corrected chi connectivity index (χ4v) is 4.41. The summed E-state index contributed by atoms with van der Waals surface area (Å²) in [6.07, 6.45) is 2.20. The van der Waals surface area contributed by atoms with Crippen molar-refractivity contribution in [3.05, 3.63) is 28.8 Å². The van der Waals surface area contributed by atoms with Crippen LogP contribution in [0.25, 0.3) is 0 Å². The summed E-state index contributed by atoms with van der Waals surface area (Å²) in [5.74, 6) is 0.734. The molecule has 0 aromatic heterocycles.